The molecule has 1 rings (SSSR count). The Labute approximate surface area is 95.7 Å². The highest BCUT2D eigenvalue weighted by atomic mass is 16.5. The fraction of sp³-hybridized carbons (Fsp3) is 0.333. The molecule has 0 radical (unpaired) electrons. The lowest BCUT2D eigenvalue weighted by Gasteiger charge is -2.19. The number of methoxy groups -OCH3 is 2. The lowest BCUT2D eigenvalue weighted by atomic mass is 10.0. The molecule has 1 aromatic rings. The van der Waals surface area contributed by atoms with Gasteiger partial charge in [0.1, 0.15) is 11.5 Å². The first kappa shape index (κ1) is 12.4. The molecule has 0 saturated heterocycles. The molecule has 0 aromatic heterocycles. The van der Waals surface area contributed by atoms with Crippen molar-refractivity contribution in [1.29, 1.82) is 0 Å². The first-order valence-corrected chi connectivity index (χ1v) is 4.89. The third-order valence-electron chi connectivity index (χ3n) is 2.34. The van der Waals surface area contributed by atoms with Gasteiger partial charge in [-0.05, 0) is 12.1 Å². The number of nitrogens with two attached hydrogens (primary N) is 1. The maximum atomic E-state index is 5.48. The Bertz CT molecular complexity index is 363. The summed E-state index contributed by atoms with van der Waals surface area (Å²) in [4.78, 5) is 0. The Morgan fingerprint density at radius 1 is 1.38 bits per heavy atom. The van der Waals surface area contributed by atoms with Gasteiger partial charge in [0, 0.05) is 6.42 Å². The Morgan fingerprint density at radius 2 is 1.94 bits per heavy atom. The van der Waals surface area contributed by atoms with Gasteiger partial charge in [-0.1, -0.05) is 6.07 Å². The van der Waals surface area contributed by atoms with E-state index in [1.807, 2.05) is 18.2 Å². The molecule has 1 atom stereocenters. The quantitative estimate of drug-likeness (QED) is 0.445. The predicted octanol–water partition coefficient (Wildman–Crippen LogP) is 1.23. The molecule has 16 heavy (non-hydrogen) atoms. The van der Waals surface area contributed by atoms with E-state index in [4.69, 9.17) is 21.7 Å². The van der Waals surface area contributed by atoms with E-state index in [9.17, 15) is 0 Å². The zero-order valence-electron chi connectivity index (χ0n) is 9.49. The second-order valence-corrected chi connectivity index (χ2v) is 3.20. The van der Waals surface area contributed by atoms with Gasteiger partial charge in [0.25, 0.3) is 0 Å². The SMILES string of the molecule is C#CCC(NN)c1c(OC)cccc1OC. The van der Waals surface area contributed by atoms with Gasteiger partial charge in [0.15, 0.2) is 0 Å². The van der Waals surface area contributed by atoms with E-state index in [1.54, 1.807) is 14.2 Å². The van der Waals surface area contributed by atoms with Crippen molar-refractivity contribution in [2.75, 3.05) is 14.2 Å². The average Bonchev–Trinajstić information content (AvgIpc) is 2.35. The van der Waals surface area contributed by atoms with Crippen LogP contribution in [0.3, 0.4) is 0 Å². The molecule has 1 aromatic carbocycles. The highest BCUT2D eigenvalue weighted by Gasteiger charge is 2.18. The molecule has 0 aliphatic rings. The minimum absolute atomic E-state index is 0.184. The number of benzene rings is 1. The van der Waals surface area contributed by atoms with Gasteiger partial charge >= 0.3 is 0 Å². The first-order valence-electron chi connectivity index (χ1n) is 4.89. The number of hydrogen-bond acceptors (Lipinski definition) is 4. The van der Waals surface area contributed by atoms with Crippen molar-refractivity contribution in [3.63, 3.8) is 0 Å². The summed E-state index contributed by atoms with van der Waals surface area (Å²) in [6, 6.07) is 5.36. The zero-order valence-corrected chi connectivity index (χ0v) is 9.49. The molecule has 0 heterocycles. The largest absolute Gasteiger partial charge is 0.496 e. The second-order valence-electron chi connectivity index (χ2n) is 3.20. The second kappa shape index (κ2) is 6.01. The van der Waals surface area contributed by atoms with E-state index in [-0.39, 0.29) is 6.04 Å². The lowest BCUT2D eigenvalue weighted by Crippen LogP contribution is -2.28. The van der Waals surface area contributed by atoms with Crippen molar-refractivity contribution >= 4 is 0 Å². The zero-order chi connectivity index (χ0) is 12.0. The Kier molecular flexibility index (Phi) is 4.65. The van der Waals surface area contributed by atoms with E-state index in [0.29, 0.717) is 17.9 Å². The molecule has 0 fully saturated rings. The summed E-state index contributed by atoms with van der Waals surface area (Å²) in [7, 11) is 3.20. The molecular weight excluding hydrogens is 204 g/mol. The lowest BCUT2D eigenvalue weighted by molar-refractivity contribution is 0.371. The van der Waals surface area contributed by atoms with Gasteiger partial charge in [-0.25, -0.2) is 0 Å². The first-order chi connectivity index (χ1) is 7.78. The van der Waals surface area contributed by atoms with Crippen molar-refractivity contribution in [2.24, 2.45) is 5.84 Å². The summed E-state index contributed by atoms with van der Waals surface area (Å²) in [5.41, 5.74) is 3.51. The number of rotatable bonds is 5. The number of terminal acetylenes is 1. The predicted molar refractivity (Wildman–Crippen MR) is 63.1 cm³/mol. The van der Waals surface area contributed by atoms with Crippen LogP contribution in [0.5, 0.6) is 11.5 Å². The highest BCUT2D eigenvalue weighted by molar-refractivity contribution is 5.47. The Morgan fingerprint density at radius 3 is 2.31 bits per heavy atom. The van der Waals surface area contributed by atoms with Crippen molar-refractivity contribution in [3.8, 4) is 23.8 Å². The number of hydrogen-bond donors (Lipinski definition) is 2. The van der Waals surface area contributed by atoms with Gasteiger partial charge in [-0.15, -0.1) is 12.3 Å². The molecular formula is C12H16N2O2. The minimum Gasteiger partial charge on any atom is -0.496 e. The van der Waals surface area contributed by atoms with Crippen LogP contribution in [0.4, 0.5) is 0 Å². The summed E-state index contributed by atoms with van der Waals surface area (Å²) >= 11 is 0. The van der Waals surface area contributed by atoms with Crippen LogP contribution in [0.15, 0.2) is 18.2 Å². The molecule has 3 N–H and O–H groups in total. The fourth-order valence-corrected chi connectivity index (χ4v) is 1.59. The van der Waals surface area contributed by atoms with Gasteiger partial charge in [0.2, 0.25) is 0 Å². The van der Waals surface area contributed by atoms with Gasteiger partial charge in [-0.3, -0.25) is 11.3 Å². The third kappa shape index (κ3) is 2.45. The third-order valence-corrected chi connectivity index (χ3v) is 2.34. The van der Waals surface area contributed by atoms with Crippen LogP contribution in [0.25, 0.3) is 0 Å². The molecule has 0 spiro atoms. The molecule has 1 unspecified atom stereocenters. The van der Waals surface area contributed by atoms with Crippen LogP contribution in [0.2, 0.25) is 0 Å². The summed E-state index contributed by atoms with van der Waals surface area (Å²) in [5.74, 6) is 9.46. The molecule has 0 bridgehead atoms. The van der Waals surface area contributed by atoms with Gasteiger partial charge in [0.05, 0.1) is 25.8 Å². The van der Waals surface area contributed by atoms with Crippen molar-refractivity contribution in [1.82, 2.24) is 5.43 Å². The minimum atomic E-state index is -0.184. The van der Waals surface area contributed by atoms with E-state index in [0.717, 1.165) is 5.56 Å². The molecule has 86 valence electrons. The number of ether oxygens (including phenoxy) is 2. The van der Waals surface area contributed by atoms with Crippen LogP contribution < -0.4 is 20.7 Å². The summed E-state index contributed by atoms with van der Waals surface area (Å²) in [6.07, 6.45) is 5.76. The van der Waals surface area contributed by atoms with Crippen molar-refractivity contribution in [3.05, 3.63) is 23.8 Å². The molecule has 0 aliphatic heterocycles. The van der Waals surface area contributed by atoms with Crippen LogP contribution in [-0.2, 0) is 0 Å². The number of hydrazine groups is 1. The molecule has 0 saturated carbocycles. The van der Waals surface area contributed by atoms with E-state index < -0.39 is 0 Å². The maximum Gasteiger partial charge on any atom is 0.127 e. The van der Waals surface area contributed by atoms with Crippen molar-refractivity contribution < 1.29 is 9.47 Å². The van der Waals surface area contributed by atoms with Gasteiger partial charge in [-0.2, -0.15) is 0 Å². The van der Waals surface area contributed by atoms with E-state index >= 15 is 0 Å². The van der Waals surface area contributed by atoms with Crippen LogP contribution in [0.1, 0.15) is 18.0 Å². The van der Waals surface area contributed by atoms with Crippen molar-refractivity contribution in [2.45, 2.75) is 12.5 Å². The highest BCUT2D eigenvalue weighted by Crippen LogP contribution is 2.34. The molecule has 4 heteroatoms. The van der Waals surface area contributed by atoms with E-state index in [2.05, 4.69) is 11.3 Å². The smallest absolute Gasteiger partial charge is 0.127 e. The van der Waals surface area contributed by atoms with Crippen LogP contribution in [-0.4, -0.2) is 14.2 Å². The summed E-state index contributed by atoms with van der Waals surface area (Å²) < 4.78 is 10.5. The topological polar surface area (TPSA) is 56.5 Å². The van der Waals surface area contributed by atoms with Gasteiger partial charge < -0.3 is 9.47 Å². The Balaban J connectivity index is 3.21. The fourth-order valence-electron chi connectivity index (χ4n) is 1.59. The monoisotopic (exact) mass is 220 g/mol. The summed E-state index contributed by atoms with van der Waals surface area (Å²) in [5, 5.41) is 0. The number of nitrogens with one attached hydrogen (secondary N) is 1. The standard InChI is InChI=1S/C12H16N2O2/c1-4-6-9(14-13)12-10(15-2)7-5-8-11(12)16-3/h1,5,7-9,14H,6,13H2,2-3H3. The average molecular weight is 220 g/mol. The van der Waals surface area contributed by atoms with Crippen LogP contribution >= 0.6 is 0 Å². The molecule has 4 nitrogen and oxygen atoms in total. The normalized spacial score (nSPS) is 11.6. The molecule has 0 amide bonds. The maximum absolute atomic E-state index is 5.48. The van der Waals surface area contributed by atoms with Crippen LogP contribution in [0, 0.1) is 12.3 Å². The molecule has 0 aliphatic carbocycles. The Hall–Kier alpha value is -1.70. The van der Waals surface area contributed by atoms with E-state index in [1.165, 1.54) is 0 Å². The summed E-state index contributed by atoms with van der Waals surface area (Å²) in [6.45, 7) is 0.